The minimum Gasteiger partial charge on any atom is -0.496 e. The number of nitrogens with zero attached hydrogens (tertiary/aromatic N) is 1. The number of hydrogen-bond donors (Lipinski definition) is 1. The minimum absolute atomic E-state index is 0.164. The lowest BCUT2D eigenvalue weighted by Gasteiger charge is -2.14. The standard InChI is InChI=1S/C25H22N2O3/c1-3-8-17-9-4-7-12-23(17)30-16-19-15-18(13-14-22(19)29-2)24-26-21-11-6-5-10-20(21)25(28)27-24/h3-7,9-15H,1,8,16H2,2H3,(H,26,27,28). The van der Waals surface area contributed by atoms with Crippen molar-refractivity contribution in [3.8, 4) is 22.9 Å². The Balaban J connectivity index is 1.68. The molecule has 5 heteroatoms. The second-order valence-corrected chi connectivity index (χ2v) is 6.85. The highest BCUT2D eigenvalue weighted by Gasteiger charge is 2.11. The van der Waals surface area contributed by atoms with Gasteiger partial charge in [-0.15, -0.1) is 6.58 Å². The largest absolute Gasteiger partial charge is 0.496 e. The third-order valence-electron chi connectivity index (χ3n) is 4.89. The molecule has 30 heavy (non-hydrogen) atoms. The maximum Gasteiger partial charge on any atom is 0.259 e. The van der Waals surface area contributed by atoms with Gasteiger partial charge in [0.15, 0.2) is 0 Å². The van der Waals surface area contributed by atoms with Crippen LogP contribution in [-0.2, 0) is 13.0 Å². The van der Waals surface area contributed by atoms with Gasteiger partial charge in [-0.2, -0.15) is 0 Å². The quantitative estimate of drug-likeness (QED) is 0.450. The molecular weight excluding hydrogens is 376 g/mol. The number of aromatic amines is 1. The number of ether oxygens (including phenoxy) is 2. The number of benzene rings is 3. The maximum atomic E-state index is 12.4. The average Bonchev–Trinajstić information content (AvgIpc) is 2.78. The Labute approximate surface area is 174 Å². The van der Waals surface area contributed by atoms with Crippen molar-refractivity contribution in [2.24, 2.45) is 0 Å². The number of methoxy groups -OCH3 is 1. The van der Waals surface area contributed by atoms with Crippen molar-refractivity contribution < 1.29 is 9.47 Å². The molecule has 0 aliphatic heterocycles. The SMILES string of the molecule is C=CCc1ccccc1OCc1cc(-c2nc3ccccc3c(=O)[nH]2)ccc1OC. The maximum absolute atomic E-state index is 12.4. The molecule has 0 amide bonds. The van der Waals surface area contributed by atoms with E-state index in [4.69, 9.17) is 9.47 Å². The fourth-order valence-corrected chi connectivity index (χ4v) is 3.39. The van der Waals surface area contributed by atoms with Gasteiger partial charge in [0.2, 0.25) is 0 Å². The smallest absolute Gasteiger partial charge is 0.259 e. The summed E-state index contributed by atoms with van der Waals surface area (Å²) in [6.45, 7) is 4.13. The number of nitrogens with one attached hydrogen (secondary N) is 1. The molecular formula is C25H22N2O3. The summed E-state index contributed by atoms with van der Waals surface area (Å²) in [6, 6.07) is 20.8. The van der Waals surface area contributed by atoms with E-state index in [9.17, 15) is 4.79 Å². The molecule has 3 aromatic carbocycles. The van der Waals surface area contributed by atoms with Crippen molar-refractivity contribution in [2.45, 2.75) is 13.0 Å². The summed E-state index contributed by atoms with van der Waals surface area (Å²) in [4.78, 5) is 19.9. The first-order valence-corrected chi connectivity index (χ1v) is 9.67. The normalized spacial score (nSPS) is 10.7. The third kappa shape index (κ3) is 3.96. The van der Waals surface area contributed by atoms with Gasteiger partial charge in [0.1, 0.15) is 23.9 Å². The van der Waals surface area contributed by atoms with Crippen LogP contribution in [0.4, 0.5) is 0 Å². The first kappa shape index (κ1) is 19.5. The molecule has 1 aromatic heterocycles. The number of hydrogen-bond acceptors (Lipinski definition) is 4. The van der Waals surface area contributed by atoms with Crippen LogP contribution in [-0.4, -0.2) is 17.1 Å². The molecule has 0 radical (unpaired) electrons. The van der Waals surface area contributed by atoms with E-state index in [0.29, 0.717) is 29.1 Å². The number of aromatic nitrogens is 2. The van der Waals surface area contributed by atoms with E-state index < -0.39 is 0 Å². The summed E-state index contributed by atoms with van der Waals surface area (Å²) in [5, 5.41) is 0.567. The molecule has 5 nitrogen and oxygen atoms in total. The summed E-state index contributed by atoms with van der Waals surface area (Å²) in [5.41, 5.74) is 3.21. The fraction of sp³-hybridized carbons (Fsp3) is 0.120. The van der Waals surface area contributed by atoms with E-state index in [-0.39, 0.29) is 5.56 Å². The molecule has 0 saturated heterocycles. The molecule has 150 valence electrons. The average molecular weight is 398 g/mol. The molecule has 0 aliphatic rings. The highest BCUT2D eigenvalue weighted by Crippen LogP contribution is 2.27. The lowest BCUT2D eigenvalue weighted by molar-refractivity contribution is 0.294. The molecule has 0 saturated carbocycles. The van der Waals surface area contributed by atoms with Gasteiger partial charge in [-0.1, -0.05) is 36.4 Å². The number of allylic oxidation sites excluding steroid dienone is 1. The predicted molar refractivity (Wildman–Crippen MR) is 119 cm³/mol. The van der Waals surface area contributed by atoms with Gasteiger partial charge in [0, 0.05) is 11.1 Å². The highest BCUT2D eigenvalue weighted by molar-refractivity contribution is 5.79. The van der Waals surface area contributed by atoms with Crippen LogP contribution in [0, 0.1) is 0 Å². The van der Waals surface area contributed by atoms with Gasteiger partial charge in [-0.05, 0) is 48.4 Å². The molecule has 1 heterocycles. The molecule has 0 atom stereocenters. The number of rotatable bonds is 7. The Kier molecular flexibility index (Phi) is 5.61. The zero-order valence-corrected chi connectivity index (χ0v) is 16.7. The monoisotopic (exact) mass is 398 g/mol. The van der Waals surface area contributed by atoms with Gasteiger partial charge < -0.3 is 14.5 Å². The number of fused-ring (bicyclic) bond motifs is 1. The second-order valence-electron chi connectivity index (χ2n) is 6.85. The van der Waals surface area contributed by atoms with Crippen LogP contribution in [0.15, 0.2) is 84.2 Å². The van der Waals surface area contributed by atoms with E-state index in [2.05, 4.69) is 16.5 Å². The minimum atomic E-state index is -0.164. The van der Waals surface area contributed by atoms with Crippen molar-refractivity contribution in [3.63, 3.8) is 0 Å². The van der Waals surface area contributed by atoms with Gasteiger partial charge in [-0.3, -0.25) is 4.79 Å². The Bertz CT molecular complexity index is 1260. The topological polar surface area (TPSA) is 64.2 Å². The summed E-state index contributed by atoms with van der Waals surface area (Å²) in [5.74, 6) is 2.03. The Morgan fingerprint density at radius 2 is 1.80 bits per heavy atom. The van der Waals surface area contributed by atoms with E-state index in [0.717, 1.165) is 28.9 Å². The predicted octanol–water partition coefficient (Wildman–Crippen LogP) is 4.91. The number of para-hydroxylation sites is 2. The van der Waals surface area contributed by atoms with E-state index in [1.165, 1.54) is 0 Å². The van der Waals surface area contributed by atoms with Gasteiger partial charge in [-0.25, -0.2) is 4.98 Å². The molecule has 0 unspecified atom stereocenters. The van der Waals surface area contributed by atoms with Crippen LogP contribution >= 0.6 is 0 Å². The van der Waals surface area contributed by atoms with Crippen LogP contribution < -0.4 is 15.0 Å². The van der Waals surface area contributed by atoms with Crippen LogP contribution in [0.5, 0.6) is 11.5 Å². The lowest BCUT2D eigenvalue weighted by atomic mass is 10.1. The molecule has 0 spiro atoms. The van der Waals surface area contributed by atoms with Crippen molar-refractivity contribution in [1.82, 2.24) is 9.97 Å². The van der Waals surface area contributed by atoms with Crippen LogP contribution in [0.25, 0.3) is 22.3 Å². The highest BCUT2D eigenvalue weighted by atomic mass is 16.5. The summed E-state index contributed by atoms with van der Waals surface area (Å²) in [6.07, 6.45) is 2.58. The van der Waals surface area contributed by atoms with Crippen LogP contribution in [0.2, 0.25) is 0 Å². The zero-order valence-electron chi connectivity index (χ0n) is 16.7. The molecule has 0 fully saturated rings. The second kappa shape index (κ2) is 8.66. The zero-order chi connectivity index (χ0) is 20.9. The van der Waals surface area contributed by atoms with E-state index in [1.54, 1.807) is 13.2 Å². The van der Waals surface area contributed by atoms with E-state index in [1.807, 2.05) is 66.7 Å². The lowest BCUT2D eigenvalue weighted by Crippen LogP contribution is -2.09. The third-order valence-corrected chi connectivity index (χ3v) is 4.89. The van der Waals surface area contributed by atoms with Gasteiger partial charge >= 0.3 is 0 Å². The van der Waals surface area contributed by atoms with Crippen LogP contribution in [0.3, 0.4) is 0 Å². The molecule has 4 aromatic rings. The van der Waals surface area contributed by atoms with Crippen LogP contribution in [0.1, 0.15) is 11.1 Å². The Morgan fingerprint density at radius 1 is 1.00 bits per heavy atom. The van der Waals surface area contributed by atoms with Crippen molar-refractivity contribution in [2.75, 3.05) is 7.11 Å². The number of H-pyrrole nitrogens is 1. The Hall–Kier alpha value is -3.86. The summed E-state index contributed by atoms with van der Waals surface area (Å²) in [7, 11) is 1.63. The first-order chi connectivity index (χ1) is 14.7. The van der Waals surface area contributed by atoms with Crippen molar-refractivity contribution >= 4 is 10.9 Å². The fourth-order valence-electron chi connectivity index (χ4n) is 3.39. The first-order valence-electron chi connectivity index (χ1n) is 9.67. The van der Waals surface area contributed by atoms with Gasteiger partial charge in [0.25, 0.3) is 5.56 Å². The summed E-state index contributed by atoms with van der Waals surface area (Å²) >= 11 is 0. The Morgan fingerprint density at radius 3 is 2.63 bits per heavy atom. The summed E-state index contributed by atoms with van der Waals surface area (Å²) < 4.78 is 11.6. The van der Waals surface area contributed by atoms with Gasteiger partial charge in [0.05, 0.1) is 18.0 Å². The molecule has 4 rings (SSSR count). The molecule has 0 aliphatic carbocycles. The van der Waals surface area contributed by atoms with Crippen molar-refractivity contribution in [1.29, 1.82) is 0 Å². The van der Waals surface area contributed by atoms with E-state index >= 15 is 0 Å². The molecule has 0 bridgehead atoms. The molecule has 1 N–H and O–H groups in total. The van der Waals surface area contributed by atoms with Crippen molar-refractivity contribution in [3.05, 3.63) is 101 Å².